The summed E-state index contributed by atoms with van der Waals surface area (Å²) in [5, 5.41) is 0. The predicted octanol–water partition coefficient (Wildman–Crippen LogP) is 4.11. The lowest BCUT2D eigenvalue weighted by Crippen LogP contribution is -2.11. The van der Waals surface area contributed by atoms with Gasteiger partial charge in [-0.3, -0.25) is 4.79 Å². The molecule has 1 unspecified atom stereocenters. The highest BCUT2D eigenvalue weighted by atomic mass is 19.1. The molecular weight excluding hydrogens is 255 g/mol. The van der Waals surface area contributed by atoms with Crippen LogP contribution in [0.1, 0.15) is 33.3 Å². The highest BCUT2D eigenvalue weighted by Crippen LogP contribution is 2.59. The number of hydrogen-bond donors (Lipinski definition) is 0. The van der Waals surface area contributed by atoms with Crippen LogP contribution in [-0.2, 0) is 16.1 Å². The number of allylic oxidation sites excluding steroid dienone is 2. The second-order valence-electron chi connectivity index (χ2n) is 6.27. The van der Waals surface area contributed by atoms with E-state index >= 15 is 0 Å². The SMILES string of the molecule is CC(C)=CC1[C@@H](C(=O)OCc2ccccc2F)C1(C)C. The summed E-state index contributed by atoms with van der Waals surface area (Å²) in [6.45, 7) is 8.17. The predicted molar refractivity (Wildman–Crippen MR) is 76.4 cm³/mol. The van der Waals surface area contributed by atoms with Gasteiger partial charge in [-0.25, -0.2) is 4.39 Å². The van der Waals surface area contributed by atoms with E-state index in [1.165, 1.54) is 11.6 Å². The topological polar surface area (TPSA) is 26.3 Å². The molecule has 108 valence electrons. The van der Waals surface area contributed by atoms with Gasteiger partial charge < -0.3 is 4.74 Å². The maximum atomic E-state index is 13.5. The Balaban J connectivity index is 1.97. The van der Waals surface area contributed by atoms with Crippen LogP contribution >= 0.6 is 0 Å². The zero-order chi connectivity index (χ0) is 14.9. The highest BCUT2D eigenvalue weighted by Gasteiger charge is 2.61. The zero-order valence-electron chi connectivity index (χ0n) is 12.4. The van der Waals surface area contributed by atoms with Crippen molar-refractivity contribution in [2.24, 2.45) is 17.3 Å². The maximum Gasteiger partial charge on any atom is 0.310 e. The molecule has 0 saturated heterocycles. The van der Waals surface area contributed by atoms with Gasteiger partial charge in [0, 0.05) is 5.56 Å². The first-order valence-electron chi connectivity index (χ1n) is 6.89. The molecular formula is C17H21FO2. The monoisotopic (exact) mass is 276 g/mol. The standard InChI is InChI=1S/C17H21FO2/c1-11(2)9-13-15(17(13,3)4)16(19)20-10-12-7-5-6-8-14(12)18/h5-9,13,15H,10H2,1-4H3/t13?,15-/m0/s1. The van der Waals surface area contributed by atoms with Gasteiger partial charge in [-0.05, 0) is 31.2 Å². The first-order chi connectivity index (χ1) is 9.34. The molecule has 0 radical (unpaired) electrons. The van der Waals surface area contributed by atoms with E-state index in [9.17, 15) is 9.18 Å². The van der Waals surface area contributed by atoms with Crippen molar-refractivity contribution in [2.45, 2.75) is 34.3 Å². The third-order valence-corrected chi connectivity index (χ3v) is 4.01. The molecule has 3 heteroatoms. The van der Waals surface area contributed by atoms with Crippen LogP contribution in [0.4, 0.5) is 4.39 Å². The van der Waals surface area contributed by atoms with E-state index in [4.69, 9.17) is 4.74 Å². The van der Waals surface area contributed by atoms with E-state index < -0.39 is 0 Å². The maximum absolute atomic E-state index is 13.5. The number of carbonyl (C=O) groups is 1. The fraction of sp³-hybridized carbons (Fsp3) is 0.471. The number of rotatable bonds is 4. The van der Waals surface area contributed by atoms with E-state index in [0.717, 1.165) is 0 Å². The first kappa shape index (κ1) is 14.8. The third-order valence-electron chi connectivity index (χ3n) is 4.01. The van der Waals surface area contributed by atoms with Gasteiger partial charge in [-0.1, -0.05) is 43.7 Å². The van der Waals surface area contributed by atoms with Gasteiger partial charge in [0.25, 0.3) is 0 Å². The lowest BCUT2D eigenvalue weighted by molar-refractivity contribution is -0.147. The molecule has 1 aromatic carbocycles. The summed E-state index contributed by atoms with van der Waals surface area (Å²) in [5.41, 5.74) is 1.55. The highest BCUT2D eigenvalue weighted by molar-refractivity contribution is 5.78. The molecule has 1 aliphatic carbocycles. The molecule has 2 atom stereocenters. The fourth-order valence-corrected chi connectivity index (χ4v) is 2.65. The Hall–Kier alpha value is -1.64. The van der Waals surface area contributed by atoms with Crippen LogP contribution in [0.25, 0.3) is 0 Å². The first-order valence-corrected chi connectivity index (χ1v) is 6.89. The minimum absolute atomic E-state index is 0.000369. The fourth-order valence-electron chi connectivity index (χ4n) is 2.65. The van der Waals surface area contributed by atoms with Gasteiger partial charge in [0.05, 0.1) is 5.92 Å². The summed E-state index contributed by atoms with van der Waals surface area (Å²) < 4.78 is 18.7. The second-order valence-corrected chi connectivity index (χ2v) is 6.27. The molecule has 0 aliphatic heterocycles. The van der Waals surface area contributed by atoms with E-state index in [-0.39, 0.29) is 35.6 Å². The van der Waals surface area contributed by atoms with Gasteiger partial charge in [0.1, 0.15) is 12.4 Å². The van der Waals surface area contributed by atoms with Crippen LogP contribution in [0.3, 0.4) is 0 Å². The molecule has 1 aromatic rings. The number of esters is 1. The molecule has 0 N–H and O–H groups in total. The summed E-state index contributed by atoms with van der Waals surface area (Å²) in [5.74, 6) is -0.471. The number of hydrogen-bond acceptors (Lipinski definition) is 2. The van der Waals surface area contributed by atoms with Crippen LogP contribution in [0.15, 0.2) is 35.9 Å². The van der Waals surface area contributed by atoms with Crippen molar-refractivity contribution in [1.29, 1.82) is 0 Å². The Kier molecular flexibility index (Phi) is 3.98. The molecule has 0 spiro atoms. The van der Waals surface area contributed by atoms with E-state index in [2.05, 4.69) is 19.9 Å². The van der Waals surface area contributed by atoms with Gasteiger partial charge >= 0.3 is 5.97 Å². The van der Waals surface area contributed by atoms with Crippen molar-refractivity contribution in [2.75, 3.05) is 0 Å². The van der Waals surface area contributed by atoms with Crippen molar-refractivity contribution in [3.8, 4) is 0 Å². The molecule has 2 rings (SSSR count). The van der Waals surface area contributed by atoms with Gasteiger partial charge in [-0.15, -0.1) is 0 Å². The Morgan fingerprint density at radius 3 is 2.60 bits per heavy atom. The van der Waals surface area contributed by atoms with Crippen LogP contribution in [0, 0.1) is 23.1 Å². The third kappa shape index (κ3) is 2.92. The zero-order valence-corrected chi connectivity index (χ0v) is 12.4. The molecule has 0 amide bonds. The summed E-state index contributed by atoms with van der Waals surface area (Å²) in [6, 6.07) is 6.36. The summed E-state index contributed by atoms with van der Waals surface area (Å²) in [6.07, 6.45) is 2.12. The van der Waals surface area contributed by atoms with Crippen LogP contribution in [-0.4, -0.2) is 5.97 Å². The largest absolute Gasteiger partial charge is 0.460 e. The molecule has 1 aliphatic rings. The summed E-state index contributed by atoms with van der Waals surface area (Å²) in [7, 11) is 0. The summed E-state index contributed by atoms with van der Waals surface area (Å²) >= 11 is 0. The Morgan fingerprint density at radius 1 is 1.35 bits per heavy atom. The minimum Gasteiger partial charge on any atom is -0.460 e. The van der Waals surface area contributed by atoms with Crippen LogP contribution in [0.2, 0.25) is 0 Å². The molecule has 1 fully saturated rings. The van der Waals surface area contributed by atoms with Gasteiger partial charge in [-0.2, -0.15) is 0 Å². The van der Waals surface area contributed by atoms with Crippen molar-refractivity contribution in [1.82, 2.24) is 0 Å². The molecule has 0 heterocycles. The lowest BCUT2D eigenvalue weighted by Gasteiger charge is -2.06. The molecule has 20 heavy (non-hydrogen) atoms. The van der Waals surface area contributed by atoms with Crippen molar-refractivity contribution < 1.29 is 13.9 Å². The Bertz CT molecular complexity index is 542. The average molecular weight is 276 g/mol. The van der Waals surface area contributed by atoms with Gasteiger partial charge in [0.2, 0.25) is 0 Å². The molecule has 0 bridgehead atoms. The number of carbonyl (C=O) groups excluding carboxylic acids is 1. The van der Waals surface area contributed by atoms with Crippen LogP contribution < -0.4 is 0 Å². The van der Waals surface area contributed by atoms with E-state index in [0.29, 0.717) is 5.56 Å². The van der Waals surface area contributed by atoms with Crippen molar-refractivity contribution >= 4 is 5.97 Å². The Labute approximate surface area is 119 Å². The van der Waals surface area contributed by atoms with Gasteiger partial charge in [0.15, 0.2) is 0 Å². The quantitative estimate of drug-likeness (QED) is 0.611. The smallest absolute Gasteiger partial charge is 0.310 e. The number of halogens is 1. The lowest BCUT2D eigenvalue weighted by atomic mass is 10.1. The molecule has 0 aromatic heterocycles. The second kappa shape index (κ2) is 5.39. The van der Waals surface area contributed by atoms with Crippen molar-refractivity contribution in [3.05, 3.63) is 47.3 Å². The average Bonchev–Trinajstić information content (AvgIpc) is 2.88. The number of ether oxygens (including phenoxy) is 1. The molecule has 1 saturated carbocycles. The number of benzene rings is 1. The molecule has 2 nitrogen and oxygen atoms in total. The van der Waals surface area contributed by atoms with E-state index in [1.54, 1.807) is 18.2 Å². The Morgan fingerprint density at radius 2 is 2.00 bits per heavy atom. The normalized spacial score (nSPS) is 23.1. The van der Waals surface area contributed by atoms with E-state index in [1.807, 2.05) is 13.8 Å². The minimum atomic E-state index is -0.337. The summed E-state index contributed by atoms with van der Waals surface area (Å²) in [4.78, 5) is 12.1. The van der Waals surface area contributed by atoms with Crippen molar-refractivity contribution in [3.63, 3.8) is 0 Å². The van der Waals surface area contributed by atoms with Crippen LogP contribution in [0.5, 0.6) is 0 Å².